The molecule has 4 aromatic rings. The quantitative estimate of drug-likeness (QED) is 0.164. The highest BCUT2D eigenvalue weighted by molar-refractivity contribution is 7.15. The highest BCUT2D eigenvalue weighted by Gasteiger charge is 2.40. The maximum atomic E-state index is 13.7. The Labute approximate surface area is 339 Å². The zero-order valence-electron chi connectivity index (χ0n) is 32.1. The smallest absolute Gasteiger partial charge is 0.255 e. The van der Waals surface area contributed by atoms with Crippen molar-refractivity contribution in [3.05, 3.63) is 91.8 Å². The van der Waals surface area contributed by atoms with Crippen LogP contribution in [0.5, 0.6) is 0 Å². The van der Waals surface area contributed by atoms with Gasteiger partial charge in [-0.1, -0.05) is 29.8 Å². The van der Waals surface area contributed by atoms with Crippen LogP contribution >= 0.6 is 22.9 Å². The van der Waals surface area contributed by atoms with E-state index in [4.69, 9.17) is 16.6 Å². The Morgan fingerprint density at radius 1 is 1.00 bits per heavy atom. The molecule has 2 atom stereocenters. The second-order valence-electron chi connectivity index (χ2n) is 15.1. The molecule has 2 aromatic carbocycles. The van der Waals surface area contributed by atoms with E-state index in [0.29, 0.717) is 68.4 Å². The van der Waals surface area contributed by atoms with Crippen molar-refractivity contribution in [3.8, 4) is 5.00 Å². The van der Waals surface area contributed by atoms with E-state index >= 15 is 0 Å². The van der Waals surface area contributed by atoms with Crippen LogP contribution in [-0.2, 0) is 25.7 Å². The van der Waals surface area contributed by atoms with Gasteiger partial charge in [-0.05, 0) is 63.4 Å². The van der Waals surface area contributed by atoms with E-state index in [1.807, 2.05) is 42.2 Å². The lowest BCUT2D eigenvalue weighted by Gasteiger charge is -2.34. The third-order valence-electron chi connectivity index (χ3n) is 11.4. The number of Topliss-reactive ketones (excluding diaryl/α,β-unsaturated/α-hetero) is 1. The molecule has 0 spiro atoms. The average Bonchev–Trinajstić information content (AvgIpc) is 3.81. The average molecular weight is 810 g/mol. The van der Waals surface area contributed by atoms with E-state index in [-0.39, 0.29) is 49.4 Å². The Bertz CT molecular complexity index is 2310. The lowest BCUT2D eigenvalue weighted by Crippen LogP contribution is -2.52. The first kappa shape index (κ1) is 38.6. The molecule has 296 valence electrons. The first-order valence-electron chi connectivity index (χ1n) is 19.4. The Kier molecular flexibility index (Phi) is 10.8. The topological polar surface area (TPSA) is 162 Å². The Hall–Kier alpha value is -5.25. The van der Waals surface area contributed by atoms with Crippen LogP contribution in [-0.4, -0.2) is 110 Å². The Balaban J connectivity index is 0.841. The summed E-state index contributed by atoms with van der Waals surface area (Å²) in [4.78, 5) is 76.1. The summed E-state index contributed by atoms with van der Waals surface area (Å²) in [6.45, 7) is 9.47. The van der Waals surface area contributed by atoms with Crippen molar-refractivity contribution < 1.29 is 24.0 Å². The Morgan fingerprint density at radius 2 is 1.77 bits per heavy atom. The number of amides is 4. The third-order valence-corrected chi connectivity index (χ3v) is 12.8. The number of imide groups is 1. The second-order valence-corrected chi connectivity index (χ2v) is 16.7. The van der Waals surface area contributed by atoms with Crippen LogP contribution in [0.3, 0.4) is 0 Å². The predicted molar refractivity (Wildman–Crippen MR) is 216 cm³/mol. The van der Waals surface area contributed by atoms with Gasteiger partial charge >= 0.3 is 0 Å². The highest BCUT2D eigenvalue weighted by atomic mass is 35.5. The van der Waals surface area contributed by atoms with Gasteiger partial charge in [0, 0.05) is 96.4 Å². The van der Waals surface area contributed by atoms with Gasteiger partial charge in [0.05, 0.1) is 12.3 Å². The summed E-state index contributed by atoms with van der Waals surface area (Å²) < 4.78 is 2.05. The van der Waals surface area contributed by atoms with Crippen molar-refractivity contribution in [2.24, 2.45) is 4.99 Å². The fraction of sp³-hybridized carbons (Fsp3) is 0.415. The molecule has 0 radical (unpaired) electrons. The highest BCUT2D eigenvalue weighted by Crippen LogP contribution is 2.40. The minimum absolute atomic E-state index is 0.0461. The van der Waals surface area contributed by atoms with Crippen LogP contribution in [0.25, 0.3) is 5.00 Å². The van der Waals surface area contributed by atoms with Crippen molar-refractivity contribution in [3.63, 3.8) is 0 Å². The number of aliphatic imine (C=N–C) groups is 1. The molecule has 4 aliphatic rings. The molecule has 0 bridgehead atoms. The number of thiophene rings is 1. The van der Waals surface area contributed by atoms with Crippen LogP contribution in [0.1, 0.15) is 87.3 Å². The first-order valence-corrected chi connectivity index (χ1v) is 20.5. The van der Waals surface area contributed by atoms with Crippen LogP contribution in [0.15, 0.2) is 47.5 Å². The molecule has 4 amide bonds. The van der Waals surface area contributed by atoms with E-state index in [9.17, 15) is 24.0 Å². The number of benzene rings is 2. The number of anilines is 1. The van der Waals surface area contributed by atoms with Crippen molar-refractivity contribution in [1.29, 1.82) is 0 Å². The lowest BCUT2D eigenvalue weighted by atomic mass is 9.99. The van der Waals surface area contributed by atoms with Gasteiger partial charge in [-0.15, -0.1) is 21.5 Å². The summed E-state index contributed by atoms with van der Waals surface area (Å²) in [5, 5.41) is 16.3. The number of fused-ring (bicyclic) bond motifs is 4. The molecule has 4 aliphatic heterocycles. The van der Waals surface area contributed by atoms with Gasteiger partial charge in [0.1, 0.15) is 28.7 Å². The minimum Gasteiger partial charge on any atom is -0.385 e. The number of nitrogens with one attached hydrogen (secondary N) is 2. The summed E-state index contributed by atoms with van der Waals surface area (Å²) in [6, 6.07) is 11.9. The van der Waals surface area contributed by atoms with Crippen LogP contribution in [0, 0.1) is 20.8 Å². The van der Waals surface area contributed by atoms with Crippen LogP contribution < -0.4 is 10.6 Å². The molecule has 0 saturated carbocycles. The molecule has 0 aliphatic carbocycles. The number of aryl methyl sites for hydroxylation is 2. The van der Waals surface area contributed by atoms with Gasteiger partial charge < -0.3 is 15.1 Å². The minimum atomic E-state index is -0.674. The number of carbonyl (C=O) groups is 5. The fourth-order valence-electron chi connectivity index (χ4n) is 8.19. The van der Waals surface area contributed by atoms with Crippen molar-refractivity contribution in [1.82, 2.24) is 34.8 Å². The van der Waals surface area contributed by atoms with Gasteiger partial charge in [0.15, 0.2) is 5.82 Å². The zero-order chi connectivity index (χ0) is 40.0. The van der Waals surface area contributed by atoms with Gasteiger partial charge in [0.25, 0.3) is 5.91 Å². The van der Waals surface area contributed by atoms with E-state index in [0.717, 1.165) is 44.5 Å². The molecule has 6 heterocycles. The monoisotopic (exact) mass is 809 g/mol. The normalized spacial score (nSPS) is 19.4. The first-order chi connectivity index (χ1) is 27.5. The van der Waals surface area contributed by atoms with Crippen molar-refractivity contribution >= 4 is 63.7 Å². The summed E-state index contributed by atoms with van der Waals surface area (Å²) in [5.41, 5.74) is 6.05. The van der Waals surface area contributed by atoms with Gasteiger partial charge in [-0.2, -0.15) is 0 Å². The maximum absolute atomic E-state index is 13.7. The number of carbonyl (C=O) groups excluding carboxylic acids is 5. The van der Waals surface area contributed by atoms with Gasteiger partial charge in [-0.3, -0.25) is 43.7 Å². The van der Waals surface area contributed by atoms with E-state index in [2.05, 4.69) is 44.1 Å². The van der Waals surface area contributed by atoms with Crippen molar-refractivity contribution in [2.45, 2.75) is 71.5 Å². The summed E-state index contributed by atoms with van der Waals surface area (Å²) in [7, 11) is 0. The fourth-order valence-corrected chi connectivity index (χ4v) is 9.53. The molecule has 57 heavy (non-hydrogen) atoms. The molecule has 14 nitrogen and oxygen atoms in total. The molecule has 8 rings (SSSR count). The number of halogens is 1. The third kappa shape index (κ3) is 7.63. The molecule has 2 N–H and O–H groups in total. The zero-order valence-corrected chi connectivity index (χ0v) is 33.7. The van der Waals surface area contributed by atoms with E-state index in [1.165, 1.54) is 9.78 Å². The van der Waals surface area contributed by atoms with E-state index in [1.54, 1.807) is 23.5 Å². The van der Waals surface area contributed by atoms with Crippen LogP contribution in [0.4, 0.5) is 5.69 Å². The lowest BCUT2D eigenvalue weighted by molar-refractivity contribution is -0.137. The number of piperazine rings is 1. The standard InChI is InChI=1S/C41H44ClN9O5S/c1-23-24(2)57-41-36(23)37(26-9-11-27(42)12-10-26)44-32(38-47-46-25(3)51(38)41)20-28(52)21-48-16-18-49(19-17-48)35(54)8-5-15-43-31-7-4-6-29-30(31)22-50(40(29)56)33-13-14-34(53)45-39(33)55/h4,6-7,9-12,32-33,43H,5,8,13-22H2,1-3H3,(H,45,53,55)/t32-,33?/m0/s1. The number of ketones is 1. The van der Waals surface area contributed by atoms with Crippen LogP contribution in [0.2, 0.25) is 5.02 Å². The number of nitrogens with zero attached hydrogens (tertiary/aromatic N) is 7. The number of aromatic nitrogens is 3. The molecule has 1 unspecified atom stereocenters. The second kappa shape index (κ2) is 15.9. The number of piperidine rings is 1. The maximum Gasteiger partial charge on any atom is 0.255 e. The van der Waals surface area contributed by atoms with Crippen molar-refractivity contribution in [2.75, 3.05) is 44.6 Å². The molecular weight excluding hydrogens is 766 g/mol. The summed E-state index contributed by atoms with van der Waals surface area (Å²) >= 11 is 7.92. The number of rotatable bonds is 11. The van der Waals surface area contributed by atoms with Gasteiger partial charge in [0.2, 0.25) is 17.7 Å². The molecule has 2 fully saturated rings. The number of hydrogen-bond donors (Lipinski definition) is 2. The SMILES string of the molecule is Cc1sc2c(c1C)C(c1ccc(Cl)cc1)=N[C@@H](CC(=O)CN1CCN(C(=O)CCCNc3cccc4c3CN(C3CCC(=O)NC3=O)C4=O)CC1)c1nnc(C)n1-2. The van der Waals surface area contributed by atoms with Gasteiger partial charge in [-0.25, -0.2) is 0 Å². The molecule has 2 aromatic heterocycles. The number of hydrogen-bond acceptors (Lipinski definition) is 11. The largest absolute Gasteiger partial charge is 0.385 e. The summed E-state index contributed by atoms with van der Waals surface area (Å²) in [6.07, 6.45) is 1.64. The molecule has 2 saturated heterocycles. The molecular formula is C41H44ClN9O5S. The van der Waals surface area contributed by atoms with E-state index < -0.39 is 18.0 Å². The Morgan fingerprint density at radius 3 is 2.53 bits per heavy atom. The molecule has 16 heteroatoms. The predicted octanol–water partition coefficient (Wildman–Crippen LogP) is 4.56. The summed E-state index contributed by atoms with van der Waals surface area (Å²) in [5.74, 6) is 0.526.